The van der Waals surface area contributed by atoms with Crippen molar-refractivity contribution in [2.45, 2.75) is 6.92 Å². The molecule has 0 aromatic carbocycles. The van der Waals surface area contributed by atoms with Gasteiger partial charge in [-0.05, 0) is 6.92 Å². The number of hydrogen-bond acceptors (Lipinski definition) is 6. The standard InChI is InChI=1S/C9H12O6/c1-3-14-7(10)4-5-8(11)15-6-9(12)13-2/h4-5H,3,6H2,1-2H3/b5-4+. The third-order valence-corrected chi connectivity index (χ3v) is 1.20. The molecule has 0 saturated heterocycles. The van der Waals surface area contributed by atoms with Gasteiger partial charge in [0.25, 0.3) is 0 Å². The third kappa shape index (κ3) is 7.24. The largest absolute Gasteiger partial charge is 0.466 e. The molecule has 84 valence electrons. The molecule has 0 amide bonds. The van der Waals surface area contributed by atoms with E-state index in [4.69, 9.17) is 0 Å². The Morgan fingerprint density at radius 1 is 1.07 bits per heavy atom. The first kappa shape index (κ1) is 13.2. The molecule has 0 bridgehead atoms. The molecule has 0 heterocycles. The molecule has 0 unspecified atom stereocenters. The summed E-state index contributed by atoms with van der Waals surface area (Å²) in [6, 6.07) is 0. The van der Waals surface area contributed by atoms with Gasteiger partial charge in [-0.2, -0.15) is 0 Å². The predicted octanol–water partition coefficient (Wildman–Crippen LogP) is -0.178. The third-order valence-electron chi connectivity index (χ3n) is 1.20. The van der Waals surface area contributed by atoms with Crippen LogP contribution in [0.15, 0.2) is 12.2 Å². The van der Waals surface area contributed by atoms with Gasteiger partial charge in [-0.3, -0.25) is 0 Å². The van der Waals surface area contributed by atoms with Crippen molar-refractivity contribution in [3.05, 3.63) is 12.2 Å². The molecular weight excluding hydrogens is 204 g/mol. The van der Waals surface area contributed by atoms with Crippen LogP contribution in [0.1, 0.15) is 6.92 Å². The van der Waals surface area contributed by atoms with E-state index < -0.39 is 24.5 Å². The highest BCUT2D eigenvalue weighted by molar-refractivity contribution is 5.92. The van der Waals surface area contributed by atoms with Crippen LogP contribution in [0, 0.1) is 0 Å². The second-order valence-electron chi connectivity index (χ2n) is 2.27. The van der Waals surface area contributed by atoms with Gasteiger partial charge < -0.3 is 14.2 Å². The summed E-state index contributed by atoms with van der Waals surface area (Å²) in [5.41, 5.74) is 0. The Hall–Kier alpha value is -1.85. The Labute approximate surface area is 86.8 Å². The average molecular weight is 216 g/mol. The van der Waals surface area contributed by atoms with Gasteiger partial charge in [-0.1, -0.05) is 0 Å². The highest BCUT2D eigenvalue weighted by Crippen LogP contribution is 1.86. The molecule has 0 atom stereocenters. The molecule has 6 nitrogen and oxygen atoms in total. The first-order valence-corrected chi connectivity index (χ1v) is 4.18. The van der Waals surface area contributed by atoms with Crippen molar-refractivity contribution in [2.75, 3.05) is 20.3 Å². The van der Waals surface area contributed by atoms with E-state index in [-0.39, 0.29) is 6.61 Å². The highest BCUT2D eigenvalue weighted by Gasteiger charge is 2.04. The van der Waals surface area contributed by atoms with Crippen LogP contribution in [0.4, 0.5) is 0 Å². The molecule has 0 rings (SSSR count). The molecule has 0 aliphatic rings. The van der Waals surface area contributed by atoms with Gasteiger partial charge in [0.05, 0.1) is 13.7 Å². The van der Waals surface area contributed by atoms with Crippen molar-refractivity contribution >= 4 is 17.9 Å². The van der Waals surface area contributed by atoms with E-state index in [1.54, 1.807) is 6.92 Å². The average Bonchev–Trinajstić information content (AvgIpc) is 2.23. The molecule has 0 aliphatic carbocycles. The zero-order valence-electron chi connectivity index (χ0n) is 8.52. The normalized spacial score (nSPS) is 9.73. The van der Waals surface area contributed by atoms with Crippen LogP contribution in [0.5, 0.6) is 0 Å². The number of ether oxygens (including phenoxy) is 3. The van der Waals surface area contributed by atoms with E-state index in [9.17, 15) is 14.4 Å². The Kier molecular flexibility index (Phi) is 6.61. The molecule has 0 saturated carbocycles. The van der Waals surface area contributed by atoms with E-state index in [1.807, 2.05) is 0 Å². The van der Waals surface area contributed by atoms with Crippen molar-refractivity contribution in [3.8, 4) is 0 Å². The van der Waals surface area contributed by atoms with Gasteiger partial charge in [0.1, 0.15) is 0 Å². The predicted molar refractivity (Wildman–Crippen MR) is 48.7 cm³/mol. The minimum Gasteiger partial charge on any atom is -0.466 e. The van der Waals surface area contributed by atoms with Gasteiger partial charge in [-0.15, -0.1) is 0 Å². The lowest BCUT2D eigenvalue weighted by atomic mass is 10.5. The topological polar surface area (TPSA) is 78.9 Å². The van der Waals surface area contributed by atoms with Crippen LogP contribution < -0.4 is 0 Å². The molecule has 0 aromatic rings. The van der Waals surface area contributed by atoms with Crippen LogP contribution in [-0.4, -0.2) is 38.2 Å². The monoisotopic (exact) mass is 216 g/mol. The smallest absolute Gasteiger partial charge is 0.344 e. The summed E-state index contributed by atoms with van der Waals surface area (Å²) in [6.07, 6.45) is 1.80. The lowest BCUT2D eigenvalue weighted by Crippen LogP contribution is -2.13. The lowest BCUT2D eigenvalue weighted by molar-refractivity contribution is -0.154. The summed E-state index contributed by atoms with van der Waals surface area (Å²) in [7, 11) is 1.17. The lowest BCUT2D eigenvalue weighted by Gasteiger charge is -1.99. The summed E-state index contributed by atoms with van der Waals surface area (Å²) in [5, 5.41) is 0. The summed E-state index contributed by atoms with van der Waals surface area (Å²) in [5.74, 6) is -2.13. The maximum atomic E-state index is 10.8. The van der Waals surface area contributed by atoms with Crippen molar-refractivity contribution < 1.29 is 28.6 Å². The second kappa shape index (κ2) is 7.54. The number of esters is 3. The zero-order chi connectivity index (χ0) is 11.7. The first-order valence-electron chi connectivity index (χ1n) is 4.18. The maximum absolute atomic E-state index is 10.8. The van der Waals surface area contributed by atoms with Crippen molar-refractivity contribution in [3.63, 3.8) is 0 Å². The number of carbonyl (C=O) groups is 3. The maximum Gasteiger partial charge on any atom is 0.344 e. The van der Waals surface area contributed by atoms with Crippen LogP contribution in [0.2, 0.25) is 0 Å². The summed E-state index contributed by atoms with van der Waals surface area (Å²) in [6.45, 7) is 1.38. The zero-order valence-corrected chi connectivity index (χ0v) is 8.52. The van der Waals surface area contributed by atoms with Crippen LogP contribution in [0.25, 0.3) is 0 Å². The molecule has 0 fully saturated rings. The second-order valence-corrected chi connectivity index (χ2v) is 2.27. The van der Waals surface area contributed by atoms with Crippen LogP contribution in [0.3, 0.4) is 0 Å². The molecule has 0 aromatic heterocycles. The van der Waals surface area contributed by atoms with Gasteiger partial charge in [0.2, 0.25) is 0 Å². The molecule has 6 heteroatoms. The Balaban J connectivity index is 3.83. The SMILES string of the molecule is CCOC(=O)/C=C/C(=O)OCC(=O)OC. The number of rotatable bonds is 5. The molecule has 0 aliphatic heterocycles. The van der Waals surface area contributed by atoms with E-state index in [2.05, 4.69) is 14.2 Å². The number of hydrogen-bond donors (Lipinski definition) is 0. The van der Waals surface area contributed by atoms with Crippen LogP contribution in [-0.2, 0) is 28.6 Å². The van der Waals surface area contributed by atoms with Gasteiger partial charge in [0.15, 0.2) is 6.61 Å². The Morgan fingerprint density at radius 2 is 1.60 bits per heavy atom. The molecule has 15 heavy (non-hydrogen) atoms. The van der Waals surface area contributed by atoms with Crippen molar-refractivity contribution in [1.82, 2.24) is 0 Å². The first-order chi connectivity index (χ1) is 7.10. The fourth-order valence-corrected chi connectivity index (χ4v) is 0.564. The Morgan fingerprint density at radius 3 is 2.07 bits per heavy atom. The molecular formula is C9H12O6. The molecule has 0 spiro atoms. The van der Waals surface area contributed by atoms with E-state index in [1.165, 1.54) is 7.11 Å². The summed E-state index contributed by atoms with van der Waals surface area (Å²) in [4.78, 5) is 32.1. The van der Waals surface area contributed by atoms with Gasteiger partial charge in [0, 0.05) is 12.2 Å². The fourth-order valence-electron chi connectivity index (χ4n) is 0.564. The molecule has 0 radical (unpaired) electrons. The quantitative estimate of drug-likeness (QED) is 0.360. The minimum absolute atomic E-state index is 0.223. The summed E-state index contributed by atoms with van der Waals surface area (Å²) < 4.78 is 13.2. The molecule has 0 N–H and O–H groups in total. The van der Waals surface area contributed by atoms with Gasteiger partial charge in [-0.25, -0.2) is 14.4 Å². The fraction of sp³-hybridized carbons (Fsp3) is 0.444. The van der Waals surface area contributed by atoms with E-state index >= 15 is 0 Å². The number of carbonyl (C=O) groups excluding carboxylic acids is 3. The van der Waals surface area contributed by atoms with Crippen molar-refractivity contribution in [1.29, 1.82) is 0 Å². The number of methoxy groups -OCH3 is 1. The minimum atomic E-state index is -0.812. The van der Waals surface area contributed by atoms with E-state index in [0.29, 0.717) is 0 Å². The highest BCUT2D eigenvalue weighted by atomic mass is 16.6. The van der Waals surface area contributed by atoms with Gasteiger partial charge >= 0.3 is 17.9 Å². The van der Waals surface area contributed by atoms with Crippen molar-refractivity contribution in [2.24, 2.45) is 0 Å². The van der Waals surface area contributed by atoms with Crippen LogP contribution >= 0.6 is 0 Å². The Bertz CT molecular complexity index is 268. The van der Waals surface area contributed by atoms with E-state index in [0.717, 1.165) is 12.2 Å². The summed E-state index contributed by atoms with van der Waals surface area (Å²) >= 11 is 0.